The van der Waals surface area contributed by atoms with Gasteiger partial charge in [0.25, 0.3) is 10.1 Å². The van der Waals surface area contributed by atoms with Gasteiger partial charge >= 0.3 is 0 Å². The van der Waals surface area contributed by atoms with Gasteiger partial charge in [-0.1, -0.05) is 30.3 Å². The van der Waals surface area contributed by atoms with Crippen LogP contribution in [0, 0.1) is 0 Å². The van der Waals surface area contributed by atoms with Crippen molar-refractivity contribution in [1.29, 1.82) is 0 Å². The van der Waals surface area contributed by atoms with Gasteiger partial charge in [-0.15, -0.1) is 0 Å². The molecule has 0 saturated carbocycles. The van der Waals surface area contributed by atoms with Crippen LogP contribution < -0.4 is 5.43 Å². The van der Waals surface area contributed by atoms with Crippen LogP contribution in [-0.4, -0.2) is 17.5 Å². The van der Waals surface area contributed by atoms with Crippen molar-refractivity contribution in [3.63, 3.8) is 0 Å². The largest absolute Gasteiger partial charge is 0.343 e. The maximum Gasteiger partial charge on any atom is 0.294 e. The molecule has 0 unspecified atom stereocenters. The lowest BCUT2D eigenvalue weighted by Gasteiger charge is -2.13. The fourth-order valence-electron chi connectivity index (χ4n) is 2.48. The van der Waals surface area contributed by atoms with Gasteiger partial charge in [0.2, 0.25) is 0 Å². The second-order valence-corrected chi connectivity index (χ2v) is 6.39. The summed E-state index contributed by atoms with van der Waals surface area (Å²) in [6.07, 6.45) is 0. The summed E-state index contributed by atoms with van der Waals surface area (Å²) in [4.78, 5) is 12.0. The zero-order chi connectivity index (χ0) is 15.9. The Morgan fingerprint density at radius 3 is 2.32 bits per heavy atom. The number of hydrogen-bond acceptors (Lipinski definition) is 3. The highest BCUT2D eigenvalue weighted by Crippen LogP contribution is 2.23. The third-order valence-corrected chi connectivity index (χ3v) is 4.44. The van der Waals surface area contributed by atoms with Crippen molar-refractivity contribution in [1.82, 2.24) is 4.57 Å². The number of aromatic nitrogens is 1. The topological polar surface area (TPSA) is 76.4 Å². The minimum absolute atomic E-state index is 0.248. The molecule has 6 heteroatoms. The Bertz CT molecular complexity index is 1020. The minimum Gasteiger partial charge on any atom is -0.343 e. The molecule has 3 aromatic rings. The van der Waals surface area contributed by atoms with E-state index in [0.717, 1.165) is 11.3 Å². The number of rotatable bonds is 2. The quantitative estimate of drug-likeness (QED) is 0.737. The molecule has 0 saturated heterocycles. The van der Waals surface area contributed by atoms with Gasteiger partial charge in [0.1, 0.15) is 0 Å². The fraction of sp³-hybridized carbons (Fsp3) is 0.0625. The molecule has 0 radical (unpaired) electrons. The van der Waals surface area contributed by atoms with E-state index in [1.54, 1.807) is 7.05 Å². The Balaban J connectivity index is 2.34. The summed E-state index contributed by atoms with van der Waals surface area (Å²) in [5.41, 5.74) is 1.93. The molecule has 1 N–H and O–H groups in total. The fourth-order valence-corrected chi connectivity index (χ4v) is 2.99. The van der Waals surface area contributed by atoms with Gasteiger partial charge in [0, 0.05) is 18.5 Å². The molecular formula is C16H13NO4S. The van der Waals surface area contributed by atoms with Gasteiger partial charge in [-0.3, -0.25) is 9.35 Å². The van der Waals surface area contributed by atoms with E-state index in [1.165, 1.54) is 24.3 Å². The van der Waals surface area contributed by atoms with Crippen molar-refractivity contribution < 1.29 is 13.0 Å². The molecule has 1 heterocycles. The lowest BCUT2D eigenvalue weighted by Crippen LogP contribution is -2.10. The number of nitrogens with zero attached hydrogens (tertiary/aromatic N) is 1. The Labute approximate surface area is 127 Å². The number of pyridine rings is 1. The Morgan fingerprint density at radius 2 is 1.68 bits per heavy atom. The molecule has 0 spiro atoms. The molecule has 2 aromatic carbocycles. The molecule has 3 rings (SSSR count). The molecule has 0 bridgehead atoms. The molecule has 0 aliphatic heterocycles. The average Bonchev–Trinajstić information content (AvgIpc) is 2.50. The third kappa shape index (κ3) is 2.43. The Hall–Kier alpha value is -2.44. The second kappa shape index (κ2) is 5.08. The Morgan fingerprint density at radius 1 is 1.00 bits per heavy atom. The van der Waals surface area contributed by atoms with E-state index >= 15 is 0 Å². The Kier molecular flexibility index (Phi) is 3.35. The molecule has 5 nitrogen and oxygen atoms in total. The van der Waals surface area contributed by atoms with E-state index in [9.17, 15) is 13.2 Å². The molecule has 112 valence electrons. The van der Waals surface area contributed by atoms with Crippen molar-refractivity contribution in [3.8, 4) is 11.3 Å². The lowest BCUT2D eigenvalue weighted by molar-refractivity contribution is 0.483. The first-order valence-electron chi connectivity index (χ1n) is 6.54. The van der Waals surface area contributed by atoms with Gasteiger partial charge < -0.3 is 4.57 Å². The maximum absolute atomic E-state index is 12.3. The van der Waals surface area contributed by atoms with E-state index in [4.69, 9.17) is 4.55 Å². The highest BCUT2D eigenvalue weighted by molar-refractivity contribution is 7.85. The number of hydrogen-bond donors (Lipinski definition) is 1. The maximum atomic E-state index is 12.3. The van der Waals surface area contributed by atoms with Crippen LogP contribution in [0.2, 0.25) is 0 Å². The van der Waals surface area contributed by atoms with Crippen LogP contribution in [0.4, 0.5) is 0 Å². The van der Waals surface area contributed by atoms with Crippen LogP contribution in [0.5, 0.6) is 0 Å². The van der Waals surface area contributed by atoms with Crippen LogP contribution in [-0.2, 0) is 17.2 Å². The molecule has 22 heavy (non-hydrogen) atoms. The molecule has 0 aliphatic carbocycles. The molecule has 0 atom stereocenters. The smallest absolute Gasteiger partial charge is 0.294 e. The van der Waals surface area contributed by atoms with Crippen molar-refractivity contribution in [2.45, 2.75) is 4.90 Å². The summed E-state index contributed by atoms with van der Waals surface area (Å²) in [6, 6.07) is 14.9. The monoisotopic (exact) mass is 315 g/mol. The van der Waals surface area contributed by atoms with E-state index < -0.39 is 10.1 Å². The van der Waals surface area contributed by atoms with E-state index in [1.807, 2.05) is 34.9 Å². The molecule has 0 aliphatic rings. The van der Waals surface area contributed by atoms with Crippen molar-refractivity contribution >= 4 is 21.0 Å². The summed E-state index contributed by atoms with van der Waals surface area (Å²) < 4.78 is 33.3. The first kappa shape index (κ1) is 14.5. The standard InChI is InChI=1S/C16H13NO4S/c1-17-14-8-7-12(22(19,20)21)9-13(14)16(18)10-15(17)11-5-3-2-4-6-11/h2-10H,1H3,(H,19,20,21). The number of fused-ring (bicyclic) bond motifs is 1. The minimum atomic E-state index is -4.33. The predicted octanol–water partition coefficient (Wildman–Crippen LogP) is 2.45. The van der Waals surface area contributed by atoms with Crippen molar-refractivity contribution in [2.24, 2.45) is 7.05 Å². The summed E-state index contributed by atoms with van der Waals surface area (Å²) in [5, 5.41) is 0.248. The zero-order valence-corrected chi connectivity index (χ0v) is 12.5. The molecule has 1 aromatic heterocycles. The van der Waals surface area contributed by atoms with Crippen molar-refractivity contribution in [2.75, 3.05) is 0 Å². The van der Waals surface area contributed by atoms with E-state index in [2.05, 4.69) is 0 Å². The average molecular weight is 315 g/mol. The van der Waals surface area contributed by atoms with Crippen LogP contribution in [0.1, 0.15) is 0 Å². The summed E-state index contributed by atoms with van der Waals surface area (Å²) in [7, 11) is -2.53. The summed E-state index contributed by atoms with van der Waals surface area (Å²) >= 11 is 0. The van der Waals surface area contributed by atoms with Crippen LogP contribution in [0.15, 0.2) is 64.3 Å². The summed E-state index contributed by atoms with van der Waals surface area (Å²) in [6.45, 7) is 0. The van der Waals surface area contributed by atoms with Gasteiger partial charge in [0.05, 0.1) is 16.1 Å². The normalized spacial score (nSPS) is 11.7. The van der Waals surface area contributed by atoms with Gasteiger partial charge in [-0.05, 0) is 23.8 Å². The second-order valence-electron chi connectivity index (χ2n) is 4.97. The van der Waals surface area contributed by atoms with E-state index in [0.29, 0.717) is 5.52 Å². The lowest BCUT2D eigenvalue weighted by atomic mass is 10.1. The highest BCUT2D eigenvalue weighted by atomic mass is 32.2. The molecule has 0 fully saturated rings. The van der Waals surface area contributed by atoms with Crippen LogP contribution in [0.3, 0.4) is 0 Å². The third-order valence-electron chi connectivity index (χ3n) is 3.59. The van der Waals surface area contributed by atoms with Gasteiger partial charge in [0.15, 0.2) is 5.43 Å². The predicted molar refractivity (Wildman–Crippen MR) is 84.4 cm³/mol. The highest BCUT2D eigenvalue weighted by Gasteiger charge is 2.14. The van der Waals surface area contributed by atoms with Crippen LogP contribution >= 0.6 is 0 Å². The summed E-state index contributed by atoms with van der Waals surface area (Å²) in [5.74, 6) is 0. The molecular weight excluding hydrogens is 302 g/mol. The SMILES string of the molecule is Cn1c(-c2ccccc2)cc(=O)c2cc(S(=O)(=O)O)ccc21. The van der Waals surface area contributed by atoms with E-state index in [-0.39, 0.29) is 15.7 Å². The number of benzene rings is 2. The number of aryl methyl sites for hydroxylation is 1. The first-order chi connectivity index (χ1) is 10.4. The van der Waals surface area contributed by atoms with Crippen molar-refractivity contribution in [3.05, 3.63) is 64.8 Å². The van der Waals surface area contributed by atoms with Gasteiger partial charge in [-0.2, -0.15) is 8.42 Å². The molecule has 0 amide bonds. The van der Waals surface area contributed by atoms with Gasteiger partial charge in [-0.25, -0.2) is 0 Å². The van der Waals surface area contributed by atoms with Crippen LogP contribution in [0.25, 0.3) is 22.2 Å². The first-order valence-corrected chi connectivity index (χ1v) is 7.98. The zero-order valence-electron chi connectivity index (χ0n) is 11.7.